The number of carbonyl (C=O) groups is 2. The highest BCUT2D eigenvalue weighted by molar-refractivity contribution is 5.93. The molecule has 2 aromatic carbocycles. The lowest BCUT2D eigenvalue weighted by Gasteiger charge is -2.07. The summed E-state index contributed by atoms with van der Waals surface area (Å²) >= 11 is 0. The van der Waals surface area contributed by atoms with Crippen LogP contribution in [0.2, 0.25) is 0 Å². The molecule has 3 rings (SSSR count). The molecule has 0 bridgehead atoms. The highest BCUT2D eigenvalue weighted by atomic mass is 16.5. The fraction of sp³-hybridized carbons (Fsp3) is 0.387. The van der Waals surface area contributed by atoms with E-state index < -0.39 is 11.9 Å². The zero-order valence-electron chi connectivity index (χ0n) is 21.5. The molecule has 0 aliphatic heterocycles. The van der Waals surface area contributed by atoms with Crippen LogP contribution in [0, 0.1) is 0 Å². The van der Waals surface area contributed by atoms with Crippen LogP contribution in [-0.2, 0) is 12.8 Å². The Morgan fingerprint density at radius 3 is 1.56 bits per heavy atom. The summed E-state index contributed by atoms with van der Waals surface area (Å²) in [7, 11) is 0. The van der Waals surface area contributed by atoms with Gasteiger partial charge in [0.1, 0.15) is 17.2 Å². The lowest BCUT2D eigenvalue weighted by atomic mass is 10.1. The van der Waals surface area contributed by atoms with Crippen LogP contribution < -0.4 is 9.47 Å². The summed E-state index contributed by atoms with van der Waals surface area (Å²) in [5.41, 5.74) is 2.86. The van der Waals surface area contributed by atoms with Crippen LogP contribution in [0.1, 0.15) is 97.2 Å². The summed E-state index contributed by atoms with van der Waals surface area (Å²) in [6.45, 7) is 4.40. The third-order valence-corrected chi connectivity index (χ3v) is 6.11. The lowest BCUT2D eigenvalue weighted by molar-refractivity contribution is 0.0715. The van der Waals surface area contributed by atoms with Gasteiger partial charge < -0.3 is 9.47 Å². The van der Waals surface area contributed by atoms with E-state index in [2.05, 4.69) is 18.8 Å². The van der Waals surface area contributed by atoms with Gasteiger partial charge in [0, 0.05) is 6.20 Å². The zero-order chi connectivity index (χ0) is 25.6. The number of nitrogens with zero attached hydrogens (tertiary/aromatic N) is 1. The van der Waals surface area contributed by atoms with E-state index in [0.717, 1.165) is 25.7 Å². The van der Waals surface area contributed by atoms with Gasteiger partial charge in [-0.05, 0) is 73.2 Å². The van der Waals surface area contributed by atoms with E-state index in [1.165, 1.54) is 68.0 Å². The van der Waals surface area contributed by atoms with Crippen molar-refractivity contribution < 1.29 is 19.1 Å². The van der Waals surface area contributed by atoms with Crippen molar-refractivity contribution in [2.75, 3.05) is 0 Å². The van der Waals surface area contributed by atoms with E-state index in [0.29, 0.717) is 11.5 Å². The number of hydrogen-bond donors (Lipinski definition) is 0. The van der Waals surface area contributed by atoms with Crippen molar-refractivity contribution in [2.24, 2.45) is 0 Å². The molecular weight excluding hydrogens is 450 g/mol. The monoisotopic (exact) mass is 487 g/mol. The molecule has 0 fully saturated rings. The van der Waals surface area contributed by atoms with Crippen LogP contribution in [0.4, 0.5) is 0 Å². The smallest absolute Gasteiger partial charge is 0.362 e. The van der Waals surface area contributed by atoms with E-state index in [-0.39, 0.29) is 11.3 Å². The molecule has 0 radical (unpaired) electrons. The molecule has 0 unspecified atom stereocenters. The van der Waals surface area contributed by atoms with E-state index in [1.54, 1.807) is 12.1 Å². The third kappa shape index (κ3) is 8.95. The fourth-order valence-corrected chi connectivity index (χ4v) is 3.92. The van der Waals surface area contributed by atoms with Crippen LogP contribution in [0.25, 0.3) is 0 Å². The second-order valence-corrected chi connectivity index (χ2v) is 9.12. The van der Waals surface area contributed by atoms with E-state index in [9.17, 15) is 9.59 Å². The molecule has 0 aliphatic carbocycles. The lowest BCUT2D eigenvalue weighted by Crippen LogP contribution is -2.13. The Kier molecular flexibility index (Phi) is 11.2. The number of hydrogen-bond acceptors (Lipinski definition) is 5. The molecule has 0 saturated heterocycles. The molecule has 0 amide bonds. The highest BCUT2D eigenvalue weighted by Gasteiger charge is 2.14. The van der Waals surface area contributed by atoms with Crippen LogP contribution in [0.15, 0.2) is 66.9 Å². The zero-order valence-corrected chi connectivity index (χ0v) is 21.5. The second-order valence-electron chi connectivity index (χ2n) is 9.12. The number of aryl methyl sites for hydroxylation is 2. The molecule has 190 valence electrons. The van der Waals surface area contributed by atoms with Crippen LogP contribution in [0.5, 0.6) is 11.5 Å². The molecule has 3 aromatic rings. The number of ether oxygens (including phenoxy) is 2. The average Bonchev–Trinajstić information content (AvgIpc) is 2.91. The Balaban J connectivity index is 1.48. The van der Waals surface area contributed by atoms with Crippen molar-refractivity contribution in [1.82, 2.24) is 4.98 Å². The van der Waals surface area contributed by atoms with Crippen molar-refractivity contribution in [3.05, 3.63) is 89.2 Å². The van der Waals surface area contributed by atoms with Gasteiger partial charge in [0.2, 0.25) is 0 Å². The first-order valence-corrected chi connectivity index (χ1v) is 13.2. The van der Waals surface area contributed by atoms with E-state index in [1.807, 2.05) is 36.4 Å². The minimum absolute atomic E-state index is 0.127. The van der Waals surface area contributed by atoms with Crippen molar-refractivity contribution in [3.8, 4) is 11.5 Å². The molecule has 36 heavy (non-hydrogen) atoms. The first-order chi connectivity index (χ1) is 17.6. The summed E-state index contributed by atoms with van der Waals surface area (Å²) in [6, 6.07) is 18.2. The molecule has 1 aromatic heterocycles. The Labute approximate surface area is 214 Å². The van der Waals surface area contributed by atoms with Gasteiger partial charge in [0.15, 0.2) is 0 Å². The Hall–Kier alpha value is -3.47. The number of aromatic nitrogens is 1. The molecule has 0 aliphatic rings. The summed E-state index contributed by atoms with van der Waals surface area (Å²) in [5.74, 6) is -0.140. The third-order valence-electron chi connectivity index (χ3n) is 6.11. The Bertz CT molecular complexity index is 985. The number of esters is 2. The highest BCUT2D eigenvalue weighted by Crippen LogP contribution is 2.18. The number of pyridine rings is 1. The van der Waals surface area contributed by atoms with Crippen LogP contribution in [0.3, 0.4) is 0 Å². The molecule has 5 heteroatoms. The molecule has 0 saturated carbocycles. The Morgan fingerprint density at radius 2 is 1.11 bits per heavy atom. The second kappa shape index (κ2) is 14.8. The Morgan fingerprint density at radius 1 is 0.611 bits per heavy atom. The van der Waals surface area contributed by atoms with Gasteiger partial charge in [-0.25, -0.2) is 14.6 Å². The average molecular weight is 488 g/mol. The van der Waals surface area contributed by atoms with Gasteiger partial charge in [0.25, 0.3) is 0 Å². The maximum atomic E-state index is 12.5. The largest absolute Gasteiger partial charge is 0.423 e. The minimum Gasteiger partial charge on any atom is -0.423 e. The SMILES string of the molecule is CCCCCCc1ccc(OC(=O)c2ccc(C(=O)Oc3ccc(CCCCCC)cc3)nc2)cc1. The van der Waals surface area contributed by atoms with Gasteiger partial charge in [-0.2, -0.15) is 0 Å². The maximum Gasteiger partial charge on any atom is 0.362 e. The molecular formula is C31H37NO4. The van der Waals surface area contributed by atoms with E-state index in [4.69, 9.17) is 9.47 Å². The number of carbonyl (C=O) groups excluding carboxylic acids is 2. The molecule has 0 atom stereocenters. The minimum atomic E-state index is -0.569. The number of rotatable bonds is 14. The summed E-state index contributed by atoms with van der Waals surface area (Å²) in [6.07, 6.45) is 13.1. The number of unbranched alkanes of at least 4 members (excludes halogenated alkanes) is 6. The quantitative estimate of drug-likeness (QED) is 0.132. The van der Waals surface area contributed by atoms with Gasteiger partial charge >= 0.3 is 11.9 Å². The predicted octanol–water partition coefficient (Wildman–Crippen LogP) is 7.77. The summed E-state index contributed by atoms with van der Waals surface area (Å²) in [4.78, 5) is 29.0. The number of benzene rings is 2. The normalized spacial score (nSPS) is 10.7. The topological polar surface area (TPSA) is 65.5 Å². The van der Waals surface area contributed by atoms with Crippen LogP contribution >= 0.6 is 0 Å². The first kappa shape index (κ1) is 27.1. The predicted molar refractivity (Wildman–Crippen MR) is 143 cm³/mol. The van der Waals surface area contributed by atoms with Gasteiger partial charge in [-0.3, -0.25) is 0 Å². The van der Waals surface area contributed by atoms with Gasteiger partial charge in [0.05, 0.1) is 5.56 Å². The van der Waals surface area contributed by atoms with Crippen LogP contribution in [-0.4, -0.2) is 16.9 Å². The van der Waals surface area contributed by atoms with Crippen molar-refractivity contribution in [2.45, 2.75) is 78.1 Å². The molecule has 5 nitrogen and oxygen atoms in total. The fourth-order valence-electron chi connectivity index (χ4n) is 3.92. The maximum absolute atomic E-state index is 12.5. The first-order valence-electron chi connectivity index (χ1n) is 13.2. The van der Waals surface area contributed by atoms with Gasteiger partial charge in [-0.1, -0.05) is 76.6 Å². The summed E-state index contributed by atoms with van der Waals surface area (Å²) < 4.78 is 10.9. The molecule has 0 spiro atoms. The van der Waals surface area contributed by atoms with Gasteiger partial charge in [-0.15, -0.1) is 0 Å². The van der Waals surface area contributed by atoms with Crippen molar-refractivity contribution in [1.29, 1.82) is 0 Å². The molecule has 0 N–H and O–H groups in total. The van der Waals surface area contributed by atoms with E-state index >= 15 is 0 Å². The standard InChI is InChI=1S/C31H37NO4/c1-3-5-7-9-11-24-13-18-27(19-14-24)35-30(33)26-17-22-29(32-23-26)31(34)36-28-20-15-25(16-21-28)12-10-8-6-4-2/h13-23H,3-12H2,1-2H3. The molecule has 1 heterocycles. The van der Waals surface area contributed by atoms with Crippen molar-refractivity contribution in [3.63, 3.8) is 0 Å². The summed E-state index contributed by atoms with van der Waals surface area (Å²) in [5, 5.41) is 0. The van der Waals surface area contributed by atoms with Crippen molar-refractivity contribution >= 4 is 11.9 Å².